The van der Waals surface area contributed by atoms with Crippen LogP contribution in [0.25, 0.3) is 0 Å². The van der Waals surface area contributed by atoms with E-state index in [9.17, 15) is 0 Å². The number of benzene rings is 1. The quantitative estimate of drug-likeness (QED) is 0.819. The van der Waals surface area contributed by atoms with Crippen LogP contribution in [-0.2, 0) is 6.54 Å². The molecule has 2 fully saturated rings. The summed E-state index contributed by atoms with van der Waals surface area (Å²) in [6.45, 7) is 6.09. The molecular weight excluding hydrogens is 232 g/mol. The lowest BCUT2D eigenvalue weighted by Gasteiger charge is -2.29. The molecule has 3 rings (SSSR count). The highest BCUT2D eigenvalue weighted by Crippen LogP contribution is 2.20. The molecule has 2 aliphatic rings. The maximum Gasteiger partial charge on any atom is 0.0233 e. The molecule has 0 unspecified atom stereocenters. The van der Waals surface area contributed by atoms with Crippen LogP contribution < -0.4 is 0 Å². The largest absolute Gasteiger partial charge is 0.377 e. The Morgan fingerprint density at radius 2 is 1.58 bits per heavy atom. The van der Waals surface area contributed by atoms with Gasteiger partial charge in [-0.15, -0.1) is 0 Å². The Morgan fingerprint density at radius 3 is 2.26 bits per heavy atom. The second-order valence-corrected chi connectivity index (χ2v) is 5.79. The molecule has 0 amide bonds. The van der Waals surface area contributed by atoms with Gasteiger partial charge in [-0.25, -0.2) is 0 Å². The molecule has 0 radical (unpaired) electrons. The molecule has 0 bridgehead atoms. The van der Waals surface area contributed by atoms with E-state index in [4.69, 9.17) is 0 Å². The van der Waals surface area contributed by atoms with Crippen molar-refractivity contribution in [2.45, 2.75) is 32.2 Å². The first kappa shape index (κ1) is 12.7. The Kier molecular flexibility index (Phi) is 4.19. The second kappa shape index (κ2) is 6.25. The Morgan fingerprint density at radius 1 is 0.895 bits per heavy atom. The van der Waals surface area contributed by atoms with Crippen LogP contribution >= 0.6 is 0 Å². The predicted octanol–water partition coefficient (Wildman–Crippen LogP) is 3.26. The molecule has 0 atom stereocenters. The summed E-state index contributed by atoms with van der Waals surface area (Å²) in [4.78, 5) is 5.10. The maximum absolute atomic E-state index is 2.58. The van der Waals surface area contributed by atoms with Crippen molar-refractivity contribution in [3.8, 4) is 0 Å². The Bertz CT molecular complexity index is 408. The number of rotatable bonds is 3. The van der Waals surface area contributed by atoms with E-state index in [-0.39, 0.29) is 0 Å². The first-order valence-electron chi connectivity index (χ1n) is 7.60. The lowest BCUT2D eigenvalue weighted by atomic mass is 10.0. The summed E-state index contributed by atoms with van der Waals surface area (Å²) in [5.74, 6) is 0. The molecular formula is C17H24N2. The van der Waals surface area contributed by atoms with Crippen molar-refractivity contribution in [3.05, 3.63) is 47.7 Å². The van der Waals surface area contributed by atoms with Gasteiger partial charge in [0, 0.05) is 32.7 Å². The van der Waals surface area contributed by atoms with Crippen molar-refractivity contribution in [1.29, 1.82) is 0 Å². The average molecular weight is 256 g/mol. The summed E-state index contributed by atoms with van der Waals surface area (Å²) < 4.78 is 0. The van der Waals surface area contributed by atoms with Gasteiger partial charge < -0.3 is 4.90 Å². The van der Waals surface area contributed by atoms with Gasteiger partial charge in [0.25, 0.3) is 0 Å². The summed E-state index contributed by atoms with van der Waals surface area (Å²) in [6, 6.07) is 10.8. The van der Waals surface area contributed by atoms with Gasteiger partial charge >= 0.3 is 0 Å². The summed E-state index contributed by atoms with van der Waals surface area (Å²) in [5, 5.41) is 0. The summed E-state index contributed by atoms with van der Waals surface area (Å²) in [5.41, 5.74) is 3.10. The molecule has 2 aliphatic heterocycles. The van der Waals surface area contributed by atoms with Gasteiger partial charge in [-0.2, -0.15) is 0 Å². The monoisotopic (exact) mass is 256 g/mol. The van der Waals surface area contributed by atoms with Crippen LogP contribution in [0.4, 0.5) is 0 Å². The van der Waals surface area contributed by atoms with Gasteiger partial charge in [0.2, 0.25) is 0 Å². The molecule has 19 heavy (non-hydrogen) atoms. The molecule has 2 heteroatoms. The Labute approximate surface area is 116 Å². The Hall–Kier alpha value is -1.28. The lowest BCUT2D eigenvalue weighted by Crippen LogP contribution is -2.30. The fourth-order valence-corrected chi connectivity index (χ4v) is 3.10. The zero-order valence-corrected chi connectivity index (χ0v) is 11.7. The fourth-order valence-electron chi connectivity index (χ4n) is 3.10. The van der Waals surface area contributed by atoms with E-state index in [1.165, 1.54) is 57.4 Å². The van der Waals surface area contributed by atoms with E-state index in [0.29, 0.717) is 0 Å². The number of likely N-dealkylation sites (tertiary alicyclic amines) is 2. The normalized spacial score (nSPS) is 20.8. The van der Waals surface area contributed by atoms with Crippen molar-refractivity contribution in [1.82, 2.24) is 9.80 Å². The zero-order chi connectivity index (χ0) is 12.9. The van der Waals surface area contributed by atoms with Crippen molar-refractivity contribution in [3.63, 3.8) is 0 Å². The highest BCUT2D eigenvalue weighted by atomic mass is 15.1. The highest BCUT2D eigenvalue weighted by molar-refractivity contribution is 5.15. The van der Waals surface area contributed by atoms with E-state index < -0.39 is 0 Å². The summed E-state index contributed by atoms with van der Waals surface area (Å²) in [7, 11) is 0. The fraction of sp³-hybridized carbons (Fsp3) is 0.529. The minimum absolute atomic E-state index is 1.11. The van der Waals surface area contributed by atoms with Gasteiger partial charge in [0.1, 0.15) is 0 Å². The van der Waals surface area contributed by atoms with Crippen molar-refractivity contribution in [2.24, 2.45) is 0 Å². The maximum atomic E-state index is 2.58. The number of piperidine rings is 1. The molecule has 2 saturated heterocycles. The summed E-state index contributed by atoms with van der Waals surface area (Å²) in [6.07, 6.45) is 7.72. The zero-order valence-electron chi connectivity index (χ0n) is 11.7. The molecule has 0 saturated carbocycles. The molecule has 2 heterocycles. The van der Waals surface area contributed by atoms with E-state index in [2.05, 4.69) is 46.3 Å². The van der Waals surface area contributed by atoms with Crippen LogP contribution in [0.3, 0.4) is 0 Å². The van der Waals surface area contributed by atoms with Crippen LogP contribution in [0.15, 0.2) is 42.1 Å². The molecule has 1 aromatic carbocycles. The summed E-state index contributed by atoms with van der Waals surface area (Å²) >= 11 is 0. The third kappa shape index (κ3) is 3.60. The smallest absolute Gasteiger partial charge is 0.0233 e. The van der Waals surface area contributed by atoms with E-state index >= 15 is 0 Å². The van der Waals surface area contributed by atoms with E-state index in [1.54, 1.807) is 5.57 Å². The molecule has 102 valence electrons. The highest BCUT2D eigenvalue weighted by Gasteiger charge is 2.15. The van der Waals surface area contributed by atoms with E-state index in [0.717, 1.165) is 6.54 Å². The standard InChI is InChI=1S/C17H24N2/c1-2-6-16(7-3-1)14-19-12-8-17(9-13-19)15-18-10-4-5-11-18/h1-3,6-7,15H,4-5,8-14H2. The number of hydrogen-bond donors (Lipinski definition) is 0. The van der Waals surface area contributed by atoms with Crippen LogP contribution in [0.5, 0.6) is 0 Å². The van der Waals surface area contributed by atoms with Gasteiger partial charge in [-0.1, -0.05) is 35.9 Å². The predicted molar refractivity (Wildman–Crippen MR) is 79.8 cm³/mol. The average Bonchev–Trinajstić information content (AvgIpc) is 2.95. The first-order chi connectivity index (χ1) is 9.40. The molecule has 0 N–H and O–H groups in total. The molecule has 0 spiro atoms. The Balaban J connectivity index is 1.49. The SMILES string of the molecule is C(=C1CCN(Cc2ccccc2)CC1)N1CCCC1. The molecule has 1 aromatic rings. The van der Waals surface area contributed by atoms with Crippen LogP contribution in [0.2, 0.25) is 0 Å². The molecule has 0 aliphatic carbocycles. The van der Waals surface area contributed by atoms with Crippen molar-refractivity contribution < 1.29 is 0 Å². The van der Waals surface area contributed by atoms with Crippen molar-refractivity contribution in [2.75, 3.05) is 26.2 Å². The topological polar surface area (TPSA) is 6.48 Å². The molecule has 0 aromatic heterocycles. The van der Waals surface area contributed by atoms with E-state index in [1.807, 2.05) is 0 Å². The minimum Gasteiger partial charge on any atom is -0.377 e. The van der Waals surface area contributed by atoms with Crippen LogP contribution in [0, 0.1) is 0 Å². The lowest BCUT2D eigenvalue weighted by molar-refractivity contribution is 0.246. The number of hydrogen-bond acceptors (Lipinski definition) is 2. The van der Waals surface area contributed by atoms with Crippen molar-refractivity contribution >= 4 is 0 Å². The second-order valence-electron chi connectivity index (χ2n) is 5.79. The first-order valence-corrected chi connectivity index (χ1v) is 7.60. The van der Waals surface area contributed by atoms with Gasteiger partial charge in [-0.05, 0) is 37.4 Å². The van der Waals surface area contributed by atoms with Gasteiger partial charge in [0.05, 0.1) is 0 Å². The van der Waals surface area contributed by atoms with Crippen LogP contribution in [-0.4, -0.2) is 36.0 Å². The third-order valence-electron chi connectivity index (χ3n) is 4.25. The van der Waals surface area contributed by atoms with Gasteiger partial charge in [0.15, 0.2) is 0 Å². The minimum atomic E-state index is 1.11. The van der Waals surface area contributed by atoms with Crippen LogP contribution in [0.1, 0.15) is 31.2 Å². The third-order valence-corrected chi connectivity index (χ3v) is 4.25. The van der Waals surface area contributed by atoms with Gasteiger partial charge in [-0.3, -0.25) is 4.90 Å². The number of nitrogens with zero attached hydrogens (tertiary/aromatic N) is 2. The molecule has 2 nitrogen and oxygen atoms in total.